The molecule has 3 heterocycles. The van der Waals surface area contributed by atoms with Crippen LogP contribution in [0.1, 0.15) is 20.8 Å². The van der Waals surface area contributed by atoms with Gasteiger partial charge in [0.2, 0.25) is 17.5 Å². The molecule has 19 nitrogen and oxygen atoms in total. The zero-order valence-electron chi connectivity index (χ0n) is 27.0. The Labute approximate surface area is 286 Å². The SMILES string of the molecule is CC(=O)OC1COC(OCC2OC(Oc3c(-c4ccc(O)c(O)c4)oc4cc(O)cc(O)c4c3=O)C(O)C(O)C2O)C(OC(C)=O)C1OC(C)=O. The van der Waals surface area contributed by atoms with Gasteiger partial charge in [-0.2, -0.15) is 0 Å². The molecule has 2 saturated heterocycles. The predicted octanol–water partition coefficient (Wildman–Crippen LogP) is -0.363. The van der Waals surface area contributed by atoms with Crippen molar-refractivity contribution in [3.63, 3.8) is 0 Å². The van der Waals surface area contributed by atoms with Gasteiger partial charge in [-0.3, -0.25) is 19.2 Å². The van der Waals surface area contributed by atoms with Gasteiger partial charge in [0.1, 0.15) is 46.9 Å². The molecule has 0 bridgehead atoms. The molecule has 0 amide bonds. The van der Waals surface area contributed by atoms with Crippen LogP contribution in [0, 0.1) is 0 Å². The van der Waals surface area contributed by atoms with E-state index in [0.717, 1.165) is 45.0 Å². The standard InChI is InChI=1S/C32H34O19/c1-11(33)46-21-10-45-32(30(48-13(3)35)28(21)47-12(2)34)44-9-20-23(40)25(42)26(43)31(50-20)51-29-24(41)22-18(39)7-15(36)8-19(22)49-27(29)14-4-5-16(37)17(38)6-14/h4-8,20-21,23,25-26,28,30-32,36-40,42-43H,9-10H2,1-3H3. The van der Waals surface area contributed by atoms with Gasteiger partial charge in [0.15, 0.2) is 41.9 Å². The summed E-state index contributed by atoms with van der Waals surface area (Å²) in [5.74, 6) is -5.92. The number of esters is 3. The lowest BCUT2D eigenvalue weighted by atomic mass is 9.99. The average Bonchev–Trinajstić information content (AvgIpc) is 3.04. The summed E-state index contributed by atoms with van der Waals surface area (Å²) in [6.07, 6.45) is -15.0. The number of hydrogen-bond donors (Lipinski definition) is 7. The highest BCUT2D eigenvalue weighted by Gasteiger charge is 2.50. The van der Waals surface area contributed by atoms with Crippen molar-refractivity contribution in [2.24, 2.45) is 0 Å². The lowest BCUT2D eigenvalue weighted by molar-refractivity contribution is -0.310. The number of phenols is 4. The maximum Gasteiger partial charge on any atom is 0.303 e. The first-order valence-electron chi connectivity index (χ1n) is 15.2. The van der Waals surface area contributed by atoms with Gasteiger partial charge >= 0.3 is 17.9 Å². The molecule has 276 valence electrons. The summed E-state index contributed by atoms with van der Waals surface area (Å²) in [5.41, 5.74) is -1.44. The summed E-state index contributed by atoms with van der Waals surface area (Å²) in [7, 11) is 0. The maximum atomic E-state index is 13.7. The van der Waals surface area contributed by atoms with Crippen LogP contribution < -0.4 is 10.2 Å². The first kappa shape index (κ1) is 37.1. The molecular formula is C32H34O19. The number of aliphatic hydroxyl groups is 3. The van der Waals surface area contributed by atoms with Crippen LogP contribution >= 0.6 is 0 Å². The molecule has 9 atom stereocenters. The number of hydrogen-bond acceptors (Lipinski definition) is 19. The van der Waals surface area contributed by atoms with Crippen LogP contribution in [-0.4, -0.2) is 122 Å². The minimum absolute atomic E-state index is 0.0618. The number of aromatic hydroxyl groups is 4. The Hall–Kier alpha value is -5.18. The fourth-order valence-electron chi connectivity index (χ4n) is 5.54. The van der Waals surface area contributed by atoms with Crippen molar-refractivity contribution in [3.05, 3.63) is 40.6 Å². The molecule has 9 unspecified atom stereocenters. The third-order valence-electron chi connectivity index (χ3n) is 7.79. The van der Waals surface area contributed by atoms with Gasteiger partial charge in [-0.25, -0.2) is 0 Å². The van der Waals surface area contributed by atoms with E-state index in [9.17, 15) is 54.9 Å². The summed E-state index contributed by atoms with van der Waals surface area (Å²) in [6.45, 7) is 2.14. The van der Waals surface area contributed by atoms with Gasteiger partial charge in [0, 0.05) is 38.5 Å². The Kier molecular flexibility index (Phi) is 10.9. The fourth-order valence-corrected chi connectivity index (χ4v) is 5.54. The number of rotatable bonds is 9. The van der Waals surface area contributed by atoms with E-state index in [1.54, 1.807) is 0 Å². The third kappa shape index (κ3) is 7.93. The molecule has 0 saturated carbocycles. The largest absolute Gasteiger partial charge is 0.508 e. The van der Waals surface area contributed by atoms with E-state index in [1.165, 1.54) is 6.07 Å². The van der Waals surface area contributed by atoms with E-state index >= 15 is 0 Å². The number of carbonyl (C=O) groups excluding carboxylic acids is 3. The predicted molar refractivity (Wildman–Crippen MR) is 164 cm³/mol. The van der Waals surface area contributed by atoms with Crippen molar-refractivity contribution in [2.75, 3.05) is 13.2 Å². The van der Waals surface area contributed by atoms with E-state index in [-0.39, 0.29) is 17.8 Å². The monoisotopic (exact) mass is 722 g/mol. The van der Waals surface area contributed by atoms with Crippen molar-refractivity contribution < 1.29 is 87.7 Å². The van der Waals surface area contributed by atoms with Gasteiger partial charge in [-0.15, -0.1) is 0 Å². The summed E-state index contributed by atoms with van der Waals surface area (Å²) >= 11 is 0. The van der Waals surface area contributed by atoms with E-state index in [2.05, 4.69) is 0 Å². The van der Waals surface area contributed by atoms with Gasteiger partial charge in [-0.1, -0.05) is 0 Å². The first-order valence-corrected chi connectivity index (χ1v) is 15.2. The number of ether oxygens (including phenoxy) is 7. The maximum absolute atomic E-state index is 13.7. The quantitative estimate of drug-likeness (QED) is 0.0843. The van der Waals surface area contributed by atoms with Crippen molar-refractivity contribution >= 4 is 28.9 Å². The molecular weight excluding hydrogens is 688 g/mol. The minimum atomic E-state index is -2.03. The van der Waals surface area contributed by atoms with Crippen molar-refractivity contribution in [2.45, 2.75) is 76.1 Å². The highest BCUT2D eigenvalue weighted by atomic mass is 16.7. The fraction of sp³-hybridized carbons (Fsp3) is 0.438. The van der Waals surface area contributed by atoms with Crippen molar-refractivity contribution in [3.8, 4) is 40.1 Å². The average molecular weight is 723 g/mol. The Balaban J connectivity index is 1.45. The van der Waals surface area contributed by atoms with Crippen LogP contribution in [0.5, 0.6) is 28.7 Å². The molecule has 5 rings (SSSR count). The number of carbonyl (C=O) groups is 3. The molecule has 0 aliphatic carbocycles. The van der Waals surface area contributed by atoms with Gasteiger partial charge in [0.05, 0.1) is 13.2 Å². The highest BCUT2D eigenvalue weighted by molar-refractivity contribution is 5.88. The Morgan fingerprint density at radius 2 is 1.45 bits per heavy atom. The van der Waals surface area contributed by atoms with E-state index in [4.69, 9.17) is 37.6 Å². The van der Waals surface area contributed by atoms with Crippen LogP contribution in [-0.2, 0) is 42.8 Å². The van der Waals surface area contributed by atoms with Crippen LogP contribution in [0.2, 0.25) is 0 Å². The molecule has 0 spiro atoms. The van der Waals surface area contributed by atoms with Gasteiger partial charge in [-0.05, 0) is 18.2 Å². The van der Waals surface area contributed by atoms with E-state index in [0.29, 0.717) is 0 Å². The second kappa shape index (κ2) is 15.0. The zero-order valence-corrected chi connectivity index (χ0v) is 27.0. The normalized spacial score (nSPS) is 27.8. The van der Waals surface area contributed by atoms with E-state index in [1.807, 2.05) is 0 Å². The van der Waals surface area contributed by atoms with Gasteiger partial charge in [0.25, 0.3) is 0 Å². The molecule has 0 radical (unpaired) electrons. The number of fused-ring (bicyclic) bond motifs is 1. The molecule has 2 fully saturated rings. The Morgan fingerprint density at radius 1 is 0.784 bits per heavy atom. The minimum Gasteiger partial charge on any atom is -0.508 e. The Morgan fingerprint density at radius 3 is 2.10 bits per heavy atom. The molecule has 2 aliphatic heterocycles. The summed E-state index contributed by atoms with van der Waals surface area (Å²) < 4.78 is 44.3. The van der Waals surface area contributed by atoms with Crippen LogP contribution in [0.25, 0.3) is 22.3 Å². The second-order valence-electron chi connectivity index (χ2n) is 11.6. The topological polar surface area (TPSA) is 288 Å². The zero-order chi connectivity index (χ0) is 37.3. The molecule has 2 aliphatic rings. The van der Waals surface area contributed by atoms with Crippen LogP contribution in [0.15, 0.2) is 39.5 Å². The summed E-state index contributed by atoms with van der Waals surface area (Å²) in [5, 5.41) is 72.3. The molecule has 3 aromatic rings. The number of benzene rings is 2. The highest BCUT2D eigenvalue weighted by Crippen LogP contribution is 2.39. The van der Waals surface area contributed by atoms with Crippen molar-refractivity contribution in [1.82, 2.24) is 0 Å². The van der Waals surface area contributed by atoms with Crippen LogP contribution in [0.4, 0.5) is 0 Å². The second-order valence-corrected chi connectivity index (χ2v) is 11.6. The molecule has 1 aromatic heterocycles. The third-order valence-corrected chi connectivity index (χ3v) is 7.79. The van der Waals surface area contributed by atoms with Crippen molar-refractivity contribution in [1.29, 1.82) is 0 Å². The first-order chi connectivity index (χ1) is 24.0. The smallest absolute Gasteiger partial charge is 0.303 e. The molecule has 7 N–H and O–H groups in total. The Bertz CT molecular complexity index is 1850. The lowest BCUT2D eigenvalue weighted by Gasteiger charge is -2.42. The van der Waals surface area contributed by atoms with Gasteiger partial charge < -0.3 is 73.3 Å². The lowest BCUT2D eigenvalue weighted by Crippen LogP contribution is -2.62. The molecule has 51 heavy (non-hydrogen) atoms. The molecule has 2 aromatic carbocycles. The number of aliphatic hydroxyl groups excluding tert-OH is 3. The molecule has 19 heteroatoms. The summed E-state index contributed by atoms with van der Waals surface area (Å²) in [4.78, 5) is 49.2. The van der Waals surface area contributed by atoms with E-state index < -0.39 is 125 Å². The summed E-state index contributed by atoms with van der Waals surface area (Å²) in [6, 6.07) is 5.16. The number of phenolic OH excluding ortho intramolecular Hbond substituents is 4. The van der Waals surface area contributed by atoms with Crippen LogP contribution in [0.3, 0.4) is 0 Å².